The summed E-state index contributed by atoms with van der Waals surface area (Å²) in [7, 11) is 0. The third kappa shape index (κ3) is 4.82. The number of hydrogen-bond acceptors (Lipinski definition) is 5. The lowest BCUT2D eigenvalue weighted by molar-refractivity contribution is -0.143. The second-order valence-electron chi connectivity index (χ2n) is 11.2. The van der Waals surface area contributed by atoms with Gasteiger partial charge in [-0.3, -0.25) is 14.4 Å². The Balaban J connectivity index is 1.56. The number of aliphatic hydroxyl groups excluding tert-OH is 1. The Bertz CT molecular complexity index is 1170. The molecule has 5 rings (SSSR count). The minimum Gasteiger partial charge on any atom is -0.396 e. The molecule has 1 N–H and O–H groups in total. The molecule has 9 heteroatoms. The van der Waals surface area contributed by atoms with E-state index in [4.69, 9.17) is 16.7 Å². The summed E-state index contributed by atoms with van der Waals surface area (Å²) in [4.78, 5) is 48.3. The maximum absolute atomic E-state index is 14.5. The lowest BCUT2D eigenvalue weighted by atomic mass is 9.74. The average Bonchev–Trinajstić information content (AvgIpc) is 3.18. The van der Waals surface area contributed by atoms with Gasteiger partial charge in [-0.1, -0.05) is 55.7 Å². The molecule has 1 aromatic rings. The summed E-state index contributed by atoms with van der Waals surface area (Å²) in [6.45, 7) is 6.29. The third-order valence-corrected chi connectivity index (χ3v) is 10.6. The molecule has 0 saturated carbocycles. The van der Waals surface area contributed by atoms with E-state index in [1.54, 1.807) is 33.7 Å². The Hall–Kier alpha value is -2.29. The molecule has 0 radical (unpaired) electrons. The van der Waals surface area contributed by atoms with Crippen molar-refractivity contribution in [1.29, 1.82) is 0 Å². The van der Waals surface area contributed by atoms with E-state index in [1.807, 2.05) is 23.1 Å². The van der Waals surface area contributed by atoms with Crippen molar-refractivity contribution in [2.45, 2.75) is 61.5 Å². The fraction of sp³-hybridized carbons (Fsp3) is 0.567. The predicted octanol–water partition coefficient (Wildman–Crippen LogP) is 4.29. The average molecular weight is 572 g/mol. The van der Waals surface area contributed by atoms with Gasteiger partial charge in [-0.2, -0.15) is 0 Å². The van der Waals surface area contributed by atoms with Crippen LogP contribution in [0.4, 0.5) is 5.69 Å². The number of nitrogens with zero attached hydrogens (tertiary/aromatic N) is 3. The Morgan fingerprint density at radius 2 is 1.64 bits per heavy atom. The topological polar surface area (TPSA) is 81.2 Å². The molecule has 39 heavy (non-hydrogen) atoms. The first-order chi connectivity index (χ1) is 18.8. The number of rotatable bonds is 9. The molecule has 0 bridgehead atoms. The Kier molecular flexibility index (Phi) is 8.18. The van der Waals surface area contributed by atoms with Crippen molar-refractivity contribution in [2.75, 3.05) is 37.7 Å². The summed E-state index contributed by atoms with van der Waals surface area (Å²) in [6, 6.07) is 6.50. The zero-order valence-electron chi connectivity index (χ0n) is 22.7. The number of hydrogen-bond donors (Lipinski definition) is 1. The van der Waals surface area contributed by atoms with Gasteiger partial charge in [0.05, 0.1) is 16.6 Å². The summed E-state index contributed by atoms with van der Waals surface area (Å²) in [6.07, 6.45) is 12.3. The van der Waals surface area contributed by atoms with Crippen molar-refractivity contribution in [2.24, 2.45) is 11.8 Å². The molecule has 4 aliphatic heterocycles. The number of halogens is 1. The number of anilines is 1. The molecule has 5 atom stereocenters. The Morgan fingerprint density at radius 3 is 2.36 bits per heavy atom. The number of carbonyl (C=O) groups is 3. The monoisotopic (exact) mass is 571 g/mol. The van der Waals surface area contributed by atoms with Crippen molar-refractivity contribution < 1.29 is 19.5 Å². The van der Waals surface area contributed by atoms with Gasteiger partial charge >= 0.3 is 0 Å². The lowest BCUT2D eigenvalue weighted by Gasteiger charge is -2.37. The van der Waals surface area contributed by atoms with Crippen LogP contribution in [0.25, 0.3) is 0 Å². The smallest absolute Gasteiger partial charge is 0.251 e. The summed E-state index contributed by atoms with van der Waals surface area (Å²) < 4.78 is -1.43. The van der Waals surface area contributed by atoms with Gasteiger partial charge in [0.1, 0.15) is 6.04 Å². The van der Waals surface area contributed by atoms with Crippen molar-refractivity contribution in [3.05, 3.63) is 53.6 Å². The fourth-order valence-electron chi connectivity index (χ4n) is 6.88. The first-order valence-electron chi connectivity index (χ1n) is 14.1. The van der Waals surface area contributed by atoms with E-state index in [1.165, 1.54) is 0 Å². The second kappa shape index (κ2) is 11.3. The number of likely N-dealkylation sites (tertiary alicyclic amines) is 1. The van der Waals surface area contributed by atoms with Gasteiger partial charge in [-0.25, -0.2) is 0 Å². The Labute approximate surface area is 240 Å². The lowest BCUT2D eigenvalue weighted by Crippen LogP contribution is -2.53. The van der Waals surface area contributed by atoms with Crippen LogP contribution in [-0.4, -0.2) is 80.9 Å². The number of carbonyl (C=O) groups excluding carboxylic acids is 3. The van der Waals surface area contributed by atoms with E-state index in [-0.39, 0.29) is 24.3 Å². The zero-order chi connectivity index (χ0) is 27.8. The maximum atomic E-state index is 14.5. The number of benzene rings is 1. The summed E-state index contributed by atoms with van der Waals surface area (Å²) in [5.74, 6) is -1.37. The highest BCUT2D eigenvalue weighted by atomic mass is 35.5. The third-order valence-electron chi connectivity index (χ3n) is 8.58. The molecule has 0 aliphatic carbocycles. The largest absolute Gasteiger partial charge is 0.396 e. The minimum absolute atomic E-state index is 0.00951. The van der Waals surface area contributed by atoms with Crippen molar-refractivity contribution >= 4 is 46.8 Å². The predicted molar refractivity (Wildman–Crippen MR) is 156 cm³/mol. The van der Waals surface area contributed by atoms with Crippen molar-refractivity contribution in [3.63, 3.8) is 0 Å². The summed E-state index contributed by atoms with van der Waals surface area (Å²) >= 11 is 7.75. The number of unbranched alkanes of at least 4 members (excludes halogenated alkanes) is 3. The Morgan fingerprint density at radius 1 is 0.923 bits per heavy atom. The molecule has 7 nitrogen and oxygen atoms in total. The van der Waals surface area contributed by atoms with E-state index >= 15 is 0 Å². The fourth-order valence-corrected chi connectivity index (χ4v) is 9.17. The van der Waals surface area contributed by atoms with Gasteiger partial charge in [0, 0.05) is 48.2 Å². The molecule has 210 valence electrons. The molecule has 4 heterocycles. The molecular weight excluding hydrogens is 534 g/mol. The van der Waals surface area contributed by atoms with Crippen LogP contribution in [0.2, 0.25) is 5.02 Å². The van der Waals surface area contributed by atoms with E-state index in [9.17, 15) is 14.4 Å². The number of fused-ring (bicyclic) bond motifs is 2. The van der Waals surface area contributed by atoms with E-state index < -0.39 is 27.4 Å². The van der Waals surface area contributed by atoms with E-state index in [0.717, 1.165) is 37.8 Å². The van der Waals surface area contributed by atoms with Gasteiger partial charge in [-0.15, -0.1) is 11.8 Å². The van der Waals surface area contributed by atoms with Crippen LogP contribution in [0.15, 0.2) is 48.6 Å². The highest BCUT2D eigenvalue weighted by Crippen LogP contribution is 2.65. The molecule has 0 aromatic heterocycles. The standard InChI is InChI=1S/C30H38ClN3O4S/c1-3-16-32-17-8-14-29(2)23(26(32)36)24-27(37)34(18-6-4-5-7-20-35)25-28(38)33(19-9-15-30(24,25)39-29)22-12-10-21(31)11-13-22/h8-15,23-25,35H,3-7,16-20H2,1-2H3/t23-,24-,25?,29+,30-/m0/s1. The van der Waals surface area contributed by atoms with Crippen LogP contribution in [0.5, 0.6) is 0 Å². The van der Waals surface area contributed by atoms with Crippen LogP contribution >= 0.6 is 23.4 Å². The molecule has 1 unspecified atom stereocenters. The number of amides is 3. The van der Waals surface area contributed by atoms with Crippen LogP contribution in [0, 0.1) is 11.8 Å². The van der Waals surface area contributed by atoms with Crippen LogP contribution in [0.3, 0.4) is 0 Å². The van der Waals surface area contributed by atoms with Gasteiger partial charge in [0.25, 0.3) is 5.91 Å². The van der Waals surface area contributed by atoms with Crippen molar-refractivity contribution in [1.82, 2.24) is 9.80 Å². The minimum atomic E-state index is -0.838. The van der Waals surface area contributed by atoms with Crippen LogP contribution < -0.4 is 4.90 Å². The summed E-state index contributed by atoms with van der Waals surface area (Å²) in [5, 5.41) is 9.76. The highest BCUT2D eigenvalue weighted by molar-refractivity contribution is 8.02. The molecule has 2 fully saturated rings. The van der Waals surface area contributed by atoms with Gasteiger partial charge < -0.3 is 19.8 Å². The molecule has 2 saturated heterocycles. The molecule has 1 aromatic carbocycles. The quantitative estimate of drug-likeness (QED) is 0.353. The SMILES string of the molecule is CCCN1CC=C[C@@]2(C)S[C@]34C=CCN(c5ccc(Cl)cc5)C(=O)C3N(CCCCCCO)C(=O)[C@@H]4[C@H]2C1=O. The maximum Gasteiger partial charge on any atom is 0.251 e. The second-order valence-corrected chi connectivity index (χ2v) is 13.4. The number of aliphatic hydroxyl groups is 1. The highest BCUT2D eigenvalue weighted by Gasteiger charge is 2.73. The van der Waals surface area contributed by atoms with Gasteiger partial charge in [0.2, 0.25) is 11.8 Å². The molecular formula is C30H38ClN3O4S. The first-order valence-corrected chi connectivity index (χ1v) is 15.3. The normalized spacial score (nSPS) is 31.8. The number of thioether (sulfide) groups is 1. The van der Waals surface area contributed by atoms with Gasteiger partial charge in [0.15, 0.2) is 0 Å². The first kappa shape index (κ1) is 28.2. The zero-order valence-corrected chi connectivity index (χ0v) is 24.3. The van der Waals surface area contributed by atoms with Crippen LogP contribution in [0.1, 0.15) is 46.0 Å². The van der Waals surface area contributed by atoms with E-state index in [0.29, 0.717) is 31.2 Å². The van der Waals surface area contributed by atoms with E-state index in [2.05, 4.69) is 32.1 Å². The van der Waals surface area contributed by atoms with Crippen molar-refractivity contribution in [3.8, 4) is 0 Å². The molecule has 3 amide bonds. The van der Waals surface area contributed by atoms with Gasteiger partial charge in [-0.05, 0) is 50.5 Å². The van der Waals surface area contributed by atoms with Crippen LogP contribution in [-0.2, 0) is 14.4 Å². The summed E-state index contributed by atoms with van der Waals surface area (Å²) in [5.41, 5.74) is 0.735. The molecule has 1 spiro atoms. The molecule has 4 aliphatic rings.